The van der Waals surface area contributed by atoms with Crippen molar-refractivity contribution in [3.63, 3.8) is 0 Å². The minimum atomic E-state index is -4.07. The highest BCUT2D eigenvalue weighted by atomic mass is 32.2. The molecule has 3 heterocycles. The van der Waals surface area contributed by atoms with Crippen molar-refractivity contribution in [2.24, 2.45) is 0 Å². The number of carbonyl (C=O) groups excluding carboxylic acids is 1. The van der Waals surface area contributed by atoms with Gasteiger partial charge in [0.05, 0.1) is 11.5 Å². The second-order valence-corrected chi connectivity index (χ2v) is 10.0. The summed E-state index contributed by atoms with van der Waals surface area (Å²) in [5.41, 5.74) is 2.30. The molecule has 1 saturated heterocycles. The maximum absolute atomic E-state index is 13.3. The van der Waals surface area contributed by atoms with Gasteiger partial charge in [0, 0.05) is 37.0 Å². The van der Waals surface area contributed by atoms with Crippen LogP contribution in [-0.2, 0) is 25.8 Å². The highest BCUT2D eigenvalue weighted by molar-refractivity contribution is 7.93. The average Bonchev–Trinajstić information content (AvgIpc) is 3.36. The Hall–Kier alpha value is -3.35. The predicted molar refractivity (Wildman–Crippen MR) is 116 cm³/mol. The number of pyridine rings is 1. The van der Waals surface area contributed by atoms with Crippen molar-refractivity contribution in [2.75, 3.05) is 19.8 Å². The van der Waals surface area contributed by atoms with E-state index in [2.05, 4.69) is 10.1 Å². The fraction of sp³-hybridized carbons (Fsp3) is 0.364. The quantitative estimate of drug-likeness (QED) is 0.196. The van der Waals surface area contributed by atoms with Gasteiger partial charge in [0.25, 0.3) is 17.5 Å². The Morgan fingerprint density at radius 1 is 1.21 bits per heavy atom. The van der Waals surface area contributed by atoms with Gasteiger partial charge in [0.15, 0.2) is 14.6 Å². The Morgan fingerprint density at radius 3 is 2.65 bits per heavy atom. The summed E-state index contributed by atoms with van der Waals surface area (Å²) in [5.74, 6) is 0.0924. The van der Waals surface area contributed by atoms with Crippen molar-refractivity contribution >= 4 is 15.7 Å². The van der Waals surface area contributed by atoms with Crippen molar-refractivity contribution in [2.45, 2.75) is 35.3 Å². The van der Waals surface area contributed by atoms with Gasteiger partial charge in [-0.15, -0.1) is 0 Å². The third kappa shape index (κ3) is 4.79. The molecule has 2 N–H and O–H groups in total. The third-order valence-electron chi connectivity index (χ3n) is 5.69. The highest BCUT2D eigenvalue weighted by Crippen LogP contribution is 2.35. The van der Waals surface area contributed by atoms with Crippen molar-refractivity contribution in [1.82, 2.24) is 15.6 Å². The van der Waals surface area contributed by atoms with Crippen LogP contribution in [0.1, 0.15) is 25.2 Å². The molecule has 0 atom stereocenters. The first-order valence-corrected chi connectivity index (χ1v) is 12.2. The van der Waals surface area contributed by atoms with E-state index in [9.17, 15) is 13.2 Å². The lowest BCUT2D eigenvalue weighted by atomic mass is 9.98. The largest absolute Gasteiger partial charge is 0.494 e. The van der Waals surface area contributed by atoms with Crippen LogP contribution in [0.3, 0.4) is 0 Å². The molecule has 0 unspecified atom stereocenters. The van der Waals surface area contributed by atoms with Gasteiger partial charge in [-0.1, -0.05) is 0 Å². The Labute approximate surface area is 196 Å². The van der Waals surface area contributed by atoms with Crippen LogP contribution in [0.2, 0.25) is 0 Å². The minimum absolute atomic E-state index is 0.0231. The number of hydrogen-bond acceptors (Lipinski definition) is 9. The smallest absolute Gasteiger partial charge is 0.368 e. The Morgan fingerprint density at radius 2 is 1.97 bits per heavy atom. The number of sulfone groups is 1. The van der Waals surface area contributed by atoms with E-state index in [-0.39, 0.29) is 31.0 Å². The summed E-state index contributed by atoms with van der Waals surface area (Å²) in [6.07, 6.45) is 5.98. The van der Waals surface area contributed by atoms with Crippen LogP contribution in [0.4, 0.5) is 0 Å². The van der Waals surface area contributed by atoms with Gasteiger partial charge < -0.3 is 13.9 Å². The fourth-order valence-electron chi connectivity index (χ4n) is 3.77. The second kappa shape index (κ2) is 10.3. The molecule has 11 nitrogen and oxygen atoms in total. The number of benzene rings is 1. The van der Waals surface area contributed by atoms with Crippen LogP contribution < -0.4 is 14.9 Å². The molecule has 0 bridgehead atoms. The third-order valence-corrected chi connectivity index (χ3v) is 8.20. The molecule has 0 saturated carbocycles. The summed E-state index contributed by atoms with van der Waals surface area (Å²) in [6, 6.07) is 9.56. The van der Waals surface area contributed by atoms with E-state index < -0.39 is 20.5 Å². The van der Waals surface area contributed by atoms with E-state index in [0.29, 0.717) is 31.1 Å². The first-order valence-electron chi connectivity index (χ1n) is 10.7. The average molecular weight is 490 g/mol. The van der Waals surface area contributed by atoms with Gasteiger partial charge in [0.2, 0.25) is 0 Å². The van der Waals surface area contributed by atoms with E-state index in [1.807, 2.05) is 12.1 Å². The van der Waals surface area contributed by atoms with Crippen molar-refractivity contribution < 1.29 is 37.0 Å². The fourth-order valence-corrected chi connectivity index (χ4v) is 5.71. The molecule has 12 heteroatoms. The monoisotopic (exact) mass is 489 g/mol. The van der Waals surface area contributed by atoms with Crippen LogP contribution >= 0.6 is 0 Å². The molecule has 1 fully saturated rings. The van der Waals surface area contributed by atoms with Crippen LogP contribution in [-0.4, -0.2) is 54.2 Å². The maximum Gasteiger partial charge on any atom is 0.368 e. The van der Waals surface area contributed by atoms with Gasteiger partial charge >= 0.3 is 6.39 Å². The topological polar surface area (TPSA) is 145 Å². The molecular weight excluding hydrogens is 464 g/mol. The van der Waals surface area contributed by atoms with Gasteiger partial charge in [-0.3, -0.25) is 15.0 Å². The number of nitrogens with zero attached hydrogens (tertiary/aromatic N) is 3. The van der Waals surface area contributed by atoms with Crippen molar-refractivity contribution in [3.8, 4) is 11.4 Å². The van der Waals surface area contributed by atoms with Gasteiger partial charge in [-0.2, -0.15) is 0 Å². The lowest BCUT2D eigenvalue weighted by molar-refractivity contribution is -0.660. The zero-order valence-corrected chi connectivity index (χ0v) is 19.1. The number of hydrogen-bond donors (Lipinski definition) is 2. The molecule has 3 aromatic rings. The van der Waals surface area contributed by atoms with E-state index >= 15 is 0 Å². The summed E-state index contributed by atoms with van der Waals surface area (Å²) >= 11 is 0. The molecular formula is C22H25N4O7S+. The van der Waals surface area contributed by atoms with E-state index in [4.69, 9.17) is 19.1 Å². The number of ether oxygens (including phenoxy) is 2. The van der Waals surface area contributed by atoms with E-state index in [1.54, 1.807) is 17.1 Å². The van der Waals surface area contributed by atoms with Crippen molar-refractivity contribution in [3.05, 3.63) is 61.1 Å². The number of hydroxylamine groups is 1. The van der Waals surface area contributed by atoms with Gasteiger partial charge in [-0.05, 0) is 54.3 Å². The normalized spacial score (nSPS) is 15.6. The number of amides is 1. The van der Waals surface area contributed by atoms with Gasteiger partial charge in [0.1, 0.15) is 11.9 Å². The molecule has 4 rings (SSSR count). The Kier molecular flexibility index (Phi) is 7.20. The first-order chi connectivity index (χ1) is 16.5. The first kappa shape index (κ1) is 23.8. The molecule has 34 heavy (non-hydrogen) atoms. The standard InChI is InChI=1S/C22H24N4O7S/c27-21(25-28)22(9-13-31-14-10-22)34(29,30)19-7-5-18(6-8-19)32-12-2-4-20-24-26(16-33-20)17-3-1-11-23-15-17/h1,3,5-8,11,15-16H,2,4,9-10,12-14H2,(H-,25,27,28)/p+1. The highest BCUT2D eigenvalue weighted by Gasteiger charge is 2.52. The summed E-state index contributed by atoms with van der Waals surface area (Å²) in [5, 5.41) is 13.5. The molecule has 1 aliphatic rings. The summed E-state index contributed by atoms with van der Waals surface area (Å²) < 4.78 is 42.7. The number of aryl methyl sites for hydroxylation is 1. The lowest BCUT2D eigenvalue weighted by Crippen LogP contribution is -2.54. The molecule has 1 aromatic carbocycles. The van der Waals surface area contributed by atoms with Crippen LogP contribution in [0.15, 0.2) is 64.5 Å². The molecule has 0 aliphatic carbocycles. The zero-order valence-electron chi connectivity index (χ0n) is 18.3. The molecule has 0 radical (unpaired) electrons. The number of nitrogens with one attached hydrogen (secondary N) is 1. The van der Waals surface area contributed by atoms with E-state index in [1.165, 1.54) is 36.1 Å². The molecule has 1 aliphatic heterocycles. The zero-order chi connectivity index (χ0) is 24.0. The number of rotatable bonds is 9. The number of carbonyl (C=O) groups is 1. The van der Waals surface area contributed by atoms with Crippen LogP contribution in [0, 0.1) is 0 Å². The second-order valence-electron chi connectivity index (χ2n) is 7.75. The summed E-state index contributed by atoms with van der Waals surface area (Å²) in [4.78, 5) is 16.3. The maximum atomic E-state index is 13.3. The SMILES string of the molecule is O=C(NO)C1(S(=O)(=O)c2ccc(OCCCc3n[n+](-c4cccnc4)co3)cc2)CCOCC1. The van der Waals surface area contributed by atoms with Crippen molar-refractivity contribution in [1.29, 1.82) is 0 Å². The summed E-state index contributed by atoms with van der Waals surface area (Å²) in [7, 11) is -4.07. The molecule has 1 amide bonds. The van der Waals surface area contributed by atoms with Crippen LogP contribution in [0.5, 0.6) is 5.75 Å². The van der Waals surface area contributed by atoms with Crippen LogP contribution in [0.25, 0.3) is 5.69 Å². The Bertz CT molecular complexity index is 1210. The summed E-state index contributed by atoms with van der Waals surface area (Å²) in [6.45, 7) is 0.594. The lowest BCUT2D eigenvalue weighted by Gasteiger charge is -2.34. The van der Waals surface area contributed by atoms with Gasteiger partial charge in [-0.25, -0.2) is 13.9 Å². The Balaban J connectivity index is 1.34. The molecule has 180 valence electrons. The molecule has 2 aromatic heterocycles. The molecule has 0 spiro atoms. The predicted octanol–water partition coefficient (Wildman–Crippen LogP) is 1.19. The number of aromatic nitrogens is 3. The van der Waals surface area contributed by atoms with E-state index in [0.717, 1.165) is 5.69 Å². The minimum Gasteiger partial charge on any atom is -0.494 e.